The maximum Gasteiger partial charge on any atom is 0.312 e. The zero-order valence-electron chi connectivity index (χ0n) is 10.5. The van der Waals surface area contributed by atoms with E-state index in [1.165, 1.54) is 12.8 Å². The third-order valence-corrected chi connectivity index (χ3v) is 4.29. The highest BCUT2D eigenvalue weighted by Crippen LogP contribution is 2.30. The summed E-state index contributed by atoms with van der Waals surface area (Å²) in [5.74, 6) is 0.742. The minimum absolute atomic E-state index is 0.484. The topological polar surface area (TPSA) is 79.5 Å². The van der Waals surface area contributed by atoms with Crippen LogP contribution in [0.2, 0.25) is 0 Å². The molecule has 0 bridgehead atoms. The van der Waals surface area contributed by atoms with Crippen LogP contribution in [0.3, 0.4) is 0 Å². The third kappa shape index (κ3) is 4.85. The zero-order valence-corrected chi connectivity index (χ0v) is 11.3. The molecule has 1 aliphatic heterocycles. The lowest BCUT2D eigenvalue weighted by molar-refractivity contribution is 0.249. The standard InChI is InChI=1S/C11H22N4OS/c1-3-8(4-2)9-7-15-11(17-9)14-6-5-13-10(12)16/h8-9H,3-7H2,1-2H3,(H,14,15)(H3,12,13,16). The Morgan fingerprint density at radius 2 is 2.24 bits per heavy atom. The van der Waals surface area contributed by atoms with Crippen LogP contribution in [0.25, 0.3) is 0 Å². The van der Waals surface area contributed by atoms with Crippen molar-refractivity contribution < 1.29 is 4.79 Å². The molecular weight excluding hydrogens is 236 g/mol. The van der Waals surface area contributed by atoms with Gasteiger partial charge in [-0.25, -0.2) is 4.79 Å². The van der Waals surface area contributed by atoms with Gasteiger partial charge in [0.2, 0.25) is 0 Å². The van der Waals surface area contributed by atoms with E-state index in [0.717, 1.165) is 17.6 Å². The number of primary amides is 1. The van der Waals surface area contributed by atoms with Crippen molar-refractivity contribution in [1.29, 1.82) is 0 Å². The van der Waals surface area contributed by atoms with E-state index in [0.29, 0.717) is 18.3 Å². The highest BCUT2D eigenvalue weighted by Gasteiger charge is 2.25. The third-order valence-electron chi connectivity index (χ3n) is 2.95. The zero-order chi connectivity index (χ0) is 12.7. The number of hydrogen-bond acceptors (Lipinski definition) is 4. The fourth-order valence-electron chi connectivity index (χ4n) is 1.90. The number of aliphatic imine (C=N–C) groups is 1. The van der Waals surface area contributed by atoms with Gasteiger partial charge < -0.3 is 16.4 Å². The number of carbonyl (C=O) groups excluding carboxylic acids is 1. The van der Waals surface area contributed by atoms with Crippen LogP contribution in [0.5, 0.6) is 0 Å². The van der Waals surface area contributed by atoms with Gasteiger partial charge in [-0.2, -0.15) is 0 Å². The Balaban J connectivity index is 2.18. The monoisotopic (exact) mass is 258 g/mol. The van der Waals surface area contributed by atoms with Crippen molar-refractivity contribution in [2.75, 3.05) is 19.6 Å². The number of rotatable bonds is 6. The molecule has 0 aliphatic carbocycles. The van der Waals surface area contributed by atoms with Crippen LogP contribution in [0, 0.1) is 5.92 Å². The maximum atomic E-state index is 10.5. The first-order valence-electron chi connectivity index (χ1n) is 6.15. The molecule has 0 saturated heterocycles. The molecule has 1 aliphatic rings. The molecule has 6 heteroatoms. The second-order valence-electron chi connectivity index (χ2n) is 4.10. The number of carbonyl (C=O) groups is 1. The van der Waals surface area contributed by atoms with Crippen molar-refractivity contribution in [3.05, 3.63) is 0 Å². The van der Waals surface area contributed by atoms with Gasteiger partial charge in [0.25, 0.3) is 0 Å². The van der Waals surface area contributed by atoms with Crippen molar-refractivity contribution in [2.24, 2.45) is 16.6 Å². The van der Waals surface area contributed by atoms with E-state index in [1.807, 2.05) is 11.8 Å². The first kappa shape index (κ1) is 14.2. The summed E-state index contributed by atoms with van der Waals surface area (Å²) in [7, 11) is 0. The van der Waals surface area contributed by atoms with Crippen LogP contribution in [0.1, 0.15) is 26.7 Å². The highest BCUT2D eigenvalue weighted by molar-refractivity contribution is 8.14. The quantitative estimate of drug-likeness (QED) is 0.625. The molecule has 0 aromatic carbocycles. The van der Waals surface area contributed by atoms with Crippen molar-refractivity contribution in [3.63, 3.8) is 0 Å². The van der Waals surface area contributed by atoms with Gasteiger partial charge in [0, 0.05) is 18.3 Å². The van der Waals surface area contributed by atoms with Crippen molar-refractivity contribution in [3.8, 4) is 0 Å². The van der Waals surface area contributed by atoms with Crippen LogP contribution in [-0.2, 0) is 0 Å². The first-order valence-corrected chi connectivity index (χ1v) is 7.03. The summed E-state index contributed by atoms with van der Waals surface area (Å²) in [6.45, 7) is 6.57. The summed E-state index contributed by atoms with van der Waals surface area (Å²) in [6, 6.07) is -0.484. The largest absolute Gasteiger partial charge is 0.363 e. The number of nitrogens with two attached hydrogens (primary N) is 1. The first-order chi connectivity index (χ1) is 8.17. The van der Waals surface area contributed by atoms with Crippen LogP contribution in [0.15, 0.2) is 4.99 Å². The average molecular weight is 258 g/mol. The van der Waals surface area contributed by atoms with E-state index >= 15 is 0 Å². The smallest absolute Gasteiger partial charge is 0.312 e. The highest BCUT2D eigenvalue weighted by atomic mass is 32.2. The Morgan fingerprint density at radius 1 is 1.53 bits per heavy atom. The van der Waals surface area contributed by atoms with Gasteiger partial charge in [0.1, 0.15) is 0 Å². The molecule has 1 rings (SSSR count). The molecule has 1 heterocycles. The molecule has 0 aromatic heterocycles. The van der Waals surface area contributed by atoms with E-state index in [2.05, 4.69) is 29.5 Å². The number of amidine groups is 1. The van der Waals surface area contributed by atoms with Crippen LogP contribution in [0.4, 0.5) is 4.79 Å². The molecule has 5 nitrogen and oxygen atoms in total. The Bertz CT molecular complexity index is 279. The predicted octanol–water partition coefficient (Wildman–Crippen LogP) is 1.15. The van der Waals surface area contributed by atoms with Crippen molar-refractivity contribution in [2.45, 2.75) is 31.9 Å². The number of hydrogen-bond donors (Lipinski definition) is 3. The van der Waals surface area contributed by atoms with E-state index in [1.54, 1.807) is 0 Å². The molecule has 0 spiro atoms. The minimum atomic E-state index is -0.484. The van der Waals surface area contributed by atoms with Crippen molar-refractivity contribution >= 4 is 23.0 Å². The lowest BCUT2D eigenvalue weighted by Crippen LogP contribution is -2.36. The maximum absolute atomic E-state index is 10.5. The van der Waals surface area contributed by atoms with Crippen molar-refractivity contribution in [1.82, 2.24) is 10.6 Å². The summed E-state index contributed by atoms with van der Waals surface area (Å²) < 4.78 is 0. The normalized spacial score (nSPS) is 19.2. The summed E-state index contributed by atoms with van der Waals surface area (Å²) >= 11 is 1.82. The Morgan fingerprint density at radius 3 is 2.82 bits per heavy atom. The van der Waals surface area contributed by atoms with E-state index in [4.69, 9.17) is 5.73 Å². The second-order valence-corrected chi connectivity index (χ2v) is 5.32. The fraction of sp³-hybridized carbons (Fsp3) is 0.818. The van der Waals surface area contributed by atoms with Gasteiger partial charge in [-0.3, -0.25) is 4.99 Å². The van der Waals surface area contributed by atoms with Gasteiger partial charge in [0.05, 0.1) is 6.54 Å². The molecule has 17 heavy (non-hydrogen) atoms. The van der Waals surface area contributed by atoms with Gasteiger partial charge in [-0.15, -0.1) is 0 Å². The van der Waals surface area contributed by atoms with Gasteiger partial charge in [0.15, 0.2) is 5.17 Å². The Hall–Kier alpha value is -0.910. The van der Waals surface area contributed by atoms with Crippen LogP contribution >= 0.6 is 11.8 Å². The van der Waals surface area contributed by atoms with E-state index in [-0.39, 0.29) is 0 Å². The molecule has 1 atom stereocenters. The summed E-state index contributed by atoms with van der Waals surface area (Å²) in [5.41, 5.74) is 4.97. The minimum Gasteiger partial charge on any atom is -0.363 e. The number of thioether (sulfide) groups is 1. The molecule has 2 amide bonds. The molecule has 0 saturated carbocycles. The number of nitrogens with zero attached hydrogens (tertiary/aromatic N) is 1. The Labute approximate surface area is 107 Å². The lowest BCUT2D eigenvalue weighted by Gasteiger charge is -2.18. The number of amides is 2. The lowest BCUT2D eigenvalue weighted by atomic mass is 9.99. The van der Waals surface area contributed by atoms with Crippen LogP contribution in [-0.4, -0.2) is 36.1 Å². The predicted molar refractivity (Wildman–Crippen MR) is 73.3 cm³/mol. The van der Waals surface area contributed by atoms with Crippen LogP contribution < -0.4 is 16.4 Å². The number of urea groups is 1. The number of nitrogens with one attached hydrogen (secondary N) is 2. The molecule has 0 fully saturated rings. The molecule has 4 N–H and O–H groups in total. The van der Waals surface area contributed by atoms with Gasteiger partial charge >= 0.3 is 6.03 Å². The van der Waals surface area contributed by atoms with E-state index < -0.39 is 6.03 Å². The molecular formula is C11H22N4OS. The molecule has 98 valence electrons. The SMILES string of the molecule is CCC(CC)C1CN=C(NCCNC(N)=O)S1. The van der Waals surface area contributed by atoms with Gasteiger partial charge in [-0.05, 0) is 5.92 Å². The van der Waals surface area contributed by atoms with E-state index in [9.17, 15) is 4.79 Å². The fourth-order valence-corrected chi connectivity index (χ4v) is 3.25. The Kier molecular flexibility index (Phi) is 6.18. The molecule has 0 radical (unpaired) electrons. The summed E-state index contributed by atoms with van der Waals surface area (Å²) in [5, 5.41) is 7.35. The van der Waals surface area contributed by atoms with Gasteiger partial charge in [-0.1, -0.05) is 38.5 Å². The molecule has 1 unspecified atom stereocenters. The summed E-state index contributed by atoms with van der Waals surface area (Å²) in [4.78, 5) is 14.9. The second kappa shape index (κ2) is 7.42. The average Bonchev–Trinajstić information content (AvgIpc) is 2.75. The summed E-state index contributed by atoms with van der Waals surface area (Å²) in [6.07, 6.45) is 2.42. The molecule has 0 aromatic rings.